The molecule has 1 aliphatic carbocycles. The monoisotopic (exact) mass is 387 g/mol. The molecule has 3 aromatic rings. The average Bonchev–Trinajstić information content (AvgIpc) is 3.03. The molecule has 0 fully saturated rings. The Morgan fingerprint density at radius 2 is 2.10 bits per heavy atom. The standard InChI is InChI=1S/C24H25N3O2/c1-3-29-24(28)23-20-13-17(11-12-21(20)27(2)22(23)14-26-15-25)19-10-6-8-16-7-4-5-9-18(16)19/h4-5,7,9-13,15H,3,6,8,14H2,1-2H3,(H2,25,26). The summed E-state index contributed by atoms with van der Waals surface area (Å²) in [6.07, 6.45) is 5.50. The van der Waals surface area contributed by atoms with Crippen LogP contribution >= 0.6 is 0 Å². The zero-order valence-electron chi connectivity index (χ0n) is 16.8. The lowest BCUT2D eigenvalue weighted by Gasteiger charge is -2.18. The maximum absolute atomic E-state index is 12.8. The van der Waals surface area contributed by atoms with E-state index in [9.17, 15) is 4.79 Å². The first-order valence-electron chi connectivity index (χ1n) is 9.95. The van der Waals surface area contributed by atoms with Crippen molar-refractivity contribution in [3.8, 4) is 0 Å². The number of nitrogens with zero attached hydrogens (tertiary/aromatic N) is 1. The summed E-state index contributed by atoms with van der Waals surface area (Å²) in [5.74, 6) is -0.324. The number of nitrogens with one attached hydrogen (secondary N) is 2. The van der Waals surface area contributed by atoms with Gasteiger partial charge in [0.1, 0.15) is 0 Å². The van der Waals surface area contributed by atoms with Crippen molar-refractivity contribution in [1.82, 2.24) is 9.88 Å². The maximum atomic E-state index is 12.8. The van der Waals surface area contributed by atoms with E-state index in [-0.39, 0.29) is 5.97 Å². The molecule has 5 heteroatoms. The number of aromatic nitrogens is 1. The van der Waals surface area contributed by atoms with Crippen LogP contribution in [0.4, 0.5) is 0 Å². The van der Waals surface area contributed by atoms with Crippen molar-refractivity contribution < 1.29 is 9.53 Å². The first-order chi connectivity index (χ1) is 14.2. The maximum Gasteiger partial charge on any atom is 0.340 e. The Balaban J connectivity index is 1.89. The van der Waals surface area contributed by atoms with Gasteiger partial charge in [0.25, 0.3) is 0 Å². The highest BCUT2D eigenvalue weighted by Gasteiger charge is 2.23. The molecule has 2 N–H and O–H groups in total. The Bertz CT molecular complexity index is 1120. The minimum absolute atomic E-state index is 0.324. The van der Waals surface area contributed by atoms with E-state index >= 15 is 0 Å². The van der Waals surface area contributed by atoms with Crippen LogP contribution in [0.3, 0.4) is 0 Å². The van der Waals surface area contributed by atoms with Crippen LogP contribution in [0.25, 0.3) is 16.5 Å². The van der Waals surface area contributed by atoms with Crippen molar-refractivity contribution in [3.63, 3.8) is 0 Å². The summed E-state index contributed by atoms with van der Waals surface area (Å²) in [6.45, 7) is 2.53. The summed E-state index contributed by atoms with van der Waals surface area (Å²) in [5.41, 5.74) is 7.31. The molecule has 0 spiro atoms. The van der Waals surface area contributed by atoms with Crippen LogP contribution in [0.1, 0.15) is 46.1 Å². The third-order valence-corrected chi connectivity index (χ3v) is 5.55. The van der Waals surface area contributed by atoms with Gasteiger partial charge in [0.05, 0.1) is 30.7 Å². The molecule has 1 aromatic heterocycles. The highest BCUT2D eigenvalue weighted by atomic mass is 16.5. The number of carbonyl (C=O) groups is 1. The molecule has 0 atom stereocenters. The number of hydrogen-bond acceptors (Lipinski definition) is 3. The number of carbonyl (C=O) groups excluding carboxylic acids is 1. The van der Waals surface area contributed by atoms with Gasteiger partial charge in [-0.1, -0.05) is 36.4 Å². The molecule has 0 saturated heterocycles. The topological polar surface area (TPSA) is 67.1 Å². The van der Waals surface area contributed by atoms with Crippen molar-refractivity contribution >= 4 is 28.8 Å². The molecule has 0 saturated carbocycles. The van der Waals surface area contributed by atoms with Gasteiger partial charge in [-0.2, -0.15) is 0 Å². The van der Waals surface area contributed by atoms with Gasteiger partial charge in [0.2, 0.25) is 0 Å². The van der Waals surface area contributed by atoms with Gasteiger partial charge >= 0.3 is 5.97 Å². The van der Waals surface area contributed by atoms with E-state index in [0.29, 0.717) is 18.7 Å². The lowest BCUT2D eigenvalue weighted by atomic mass is 9.86. The van der Waals surface area contributed by atoms with E-state index in [0.717, 1.165) is 41.3 Å². The number of allylic oxidation sites excluding steroid dienone is 1. The van der Waals surface area contributed by atoms with Crippen molar-refractivity contribution in [2.45, 2.75) is 26.3 Å². The van der Waals surface area contributed by atoms with Gasteiger partial charge < -0.3 is 14.6 Å². The third kappa shape index (κ3) is 3.33. The number of benzene rings is 2. The first-order valence-corrected chi connectivity index (χ1v) is 9.95. The molecule has 1 heterocycles. The molecule has 0 aliphatic heterocycles. The molecule has 0 bridgehead atoms. The smallest absolute Gasteiger partial charge is 0.340 e. The number of fused-ring (bicyclic) bond motifs is 2. The third-order valence-electron chi connectivity index (χ3n) is 5.55. The van der Waals surface area contributed by atoms with Crippen LogP contribution in [-0.2, 0) is 24.8 Å². The van der Waals surface area contributed by atoms with Crippen molar-refractivity contribution in [2.75, 3.05) is 6.61 Å². The van der Waals surface area contributed by atoms with Crippen molar-refractivity contribution in [3.05, 3.63) is 76.5 Å². The summed E-state index contributed by atoms with van der Waals surface area (Å²) in [5, 5.41) is 11.1. The fourth-order valence-electron chi connectivity index (χ4n) is 4.21. The van der Waals surface area contributed by atoms with E-state index in [1.807, 2.05) is 18.5 Å². The average molecular weight is 387 g/mol. The molecule has 0 amide bonds. The van der Waals surface area contributed by atoms with Gasteiger partial charge in [-0.25, -0.2) is 4.79 Å². The SMILES string of the molecule is CCOC(=O)c1c(CNC=N)n(C)c2ccc(C3=CCCc4ccccc43)cc12. The number of esters is 1. The molecule has 0 radical (unpaired) electrons. The van der Waals surface area contributed by atoms with E-state index < -0.39 is 0 Å². The zero-order chi connectivity index (χ0) is 20.4. The molecule has 2 aromatic carbocycles. The molecular weight excluding hydrogens is 362 g/mol. The lowest BCUT2D eigenvalue weighted by Crippen LogP contribution is -2.16. The number of aryl methyl sites for hydroxylation is 2. The summed E-state index contributed by atoms with van der Waals surface area (Å²) in [4.78, 5) is 12.8. The van der Waals surface area contributed by atoms with Gasteiger partial charge in [-0.15, -0.1) is 0 Å². The summed E-state index contributed by atoms with van der Waals surface area (Å²) < 4.78 is 7.36. The van der Waals surface area contributed by atoms with Crippen LogP contribution < -0.4 is 5.32 Å². The van der Waals surface area contributed by atoms with Gasteiger partial charge in [0, 0.05) is 18.0 Å². The lowest BCUT2D eigenvalue weighted by molar-refractivity contribution is 0.0527. The molecule has 4 rings (SSSR count). The summed E-state index contributed by atoms with van der Waals surface area (Å²) in [6, 6.07) is 14.8. The Morgan fingerprint density at radius 3 is 2.90 bits per heavy atom. The predicted octanol–water partition coefficient (Wildman–Crippen LogP) is 4.43. The summed E-state index contributed by atoms with van der Waals surface area (Å²) >= 11 is 0. The van der Waals surface area contributed by atoms with Gasteiger partial charge in [-0.05, 0) is 54.2 Å². The predicted molar refractivity (Wildman–Crippen MR) is 116 cm³/mol. The minimum atomic E-state index is -0.324. The van der Waals surface area contributed by atoms with Crippen molar-refractivity contribution in [1.29, 1.82) is 5.41 Å². The second-order valence-electron chi connectivity index (χ2n) is 7.17. The number of ether oxygens (including phenoxy) is 1. The van der Waals surface area contributed by atoms with E-state index in [4.69, 9.17) is 10.1 Å². The molecule has 148 valence electrons. The van der Waals surface area contributed by atoms with Gasteiger partial charge in [0.15, 0.2) is 0 Å². The highest BCUT2D eigenvalue weighted by Crippen LogP contribution is 2.35. The van der Waals surface area contributed by atoms with Crippen LogP contribution in [0.15, 0.2) is 48.5 Å². The normalized spacial score (nSPS) is 13.0. The Hall–Kier alpha value is -3.34. The molecule has 1 aliphatic rings. The van der Waals surface area contributed by atoms with Crippen LogP contribution in [0.2, 0.25) is 0 Å². The molecule has 0 unspecified atom stereocenters. The Morgan fingerprint density at radius 1 is 1.28 bits per heavy atom. The van der Waals surface area contributed by atoms with Crippen LogP contribution in [-0.4, -0.2) is 23.5 Å². The first kappa shape index (κ1) is 19.0. The quantitative estimate of drug-likeness (QED) is 0.374. The second-order valence-corrected chi connectivity index (χ2v) is 7.17. The second kappa shape index (κ2) is 7.95. The molecule has 29 heavy (non-hydrogen) atoms. The Labute approximate surface area is 170 Å². The number of hydrogen-bond donors (Lipinski definition) is 2. The highest BCUT2D eigenvalue weighted by molar-refractivity contribution is 6.07. The zero-order valence-corrected chi connectivity index (χ0v) is 16.8. The van der Waals surface area contributed by atoms with E-state index in [2.05, 4.69) is 53.9 Å². The molecule has 5 nitrogen and oxygen atoms in total. The number of rotatable bonds is 6. The largest absolute Gasteiger partial charge is 0.462 e. The Kier molecular flexibility index (Phi) is 5.21. The van der Waals surface area contributed by atoms with Crippen LogP contribution in [0, 0.1) is 5.41 Å². The minimum Gasteiger partial charge on any atom is -0.462 e. The van der Waals surface area contributed by atoms with Gasteiger partial charge in [-0.3, -0.25) is 5.41 Å². The molecular formula is C24H25N3O2. The summed E-state index contributed by atoms with van der Waals surface area (Å²) in [7, 11) is 1.95. The fraction of sp³-hybridized carbons (Fsp3) is 0.250. The van der Waals surface area contributed by atoms with E-state index in [1.165, 1.54) is 16.7 Å². The van der Waals surface area contributed by atoms with E-state index in [1.54, 1.807) is 0 Å². The van der Waals surface area contributed by atoms with Crippen molar-refractivity contribution in [2.24, 2.45) is 7.05 Å². The fourth-order valence-corrected chi connectivity index (χ4v) is 4.21. The van der Waals surface area contributed by atoms with Crippen LogP contribution in [0.5, 0.6) is 0 Å².